The van der Waals surface area contributed by atoms with Crippen molar-refractivity contribution in [3.05, 3.63) is 47.5 Å². The van der Waals surface area contributed by atoms with Crippen LogP contribution in [0.4, 0.5) is 0 Å². The molecule has 3 N–H and O–H groups in total. The Morgan fingerprint density at radius 1 is 1.00 bits per heavy atom. The average molecular weight is 450 g/mol. The monoisotopic (exact) mass is 450 g/mol. The quantitative estimate of drug-likeness (QED) is 0.624. The van der Waals surface area contributed by atoms with Gasteiger partial charge >= 0.3 is 0 Å². The van der Waals surface area contributed by atoms with Crippen molar-refractivity contribution in [1.29, 1.82) is 0 Å². The number of hydrogen-bond acceptors (Lipinski definition) is 6. The van der Waals surface area contributed by atoms with E-state index in [0.29, 0.717) is 37.2 Å². The van der Waals surface area contributed by atoms with Gasteiger partial charge in [-0.15, -0.1) is 0 Å². The van der Waals surface area contributed by atoms with Gasteiger partial charge in [-0.05, 0) is 43.6 Å². The lowest BCUT2D eigenvalue weighted by Crippen LogP contribution is -2.46. The summed E-state index contributed by atoms with van der Waals surface area (Å²) in [5.74, 6) is -0.160. The van der Waals surface area contributed by atoms with E-state index in [1.165, 1.54) is 6.07 Å². The van der Waals surface area contributed by atoms with Gasteiger partial charge in [0.2, 0.25) is 5.76 Å². The van der Waals surface area contributed by atoms with Crippen LogP contribution in [0.15, 0.2) is 34.9 Å². The van der Waals surface area contributed by atoms with E-state index in [-0.39, 0.29) is 23.3 Å². The Morgan fingerprint density at radius 3 is 2.55 bits per heavy atom. The number of nitrogens with two attached hydrogens (primary N) is 1. The molecule has 2 saturated heterocycles. The van der Waals surface area contributed by atoms with Gasteiger partial charge in [0.1, 0.15) is 0 Å². The van der Waals surface area contributed by atoms with Crippen LogP contribution < -0.4 is 5.73 Å². The number of aromatic amines is 1. The lowest BCUT2D eigenvalue weighted by Gasteiger charge is -2.40. The molecule has 0 saturated carbocycles. The van der Waals surface area contributed by atoms with Gasteiger partial charge in [-0.25, -0.2) is 0 Å². The molecule has 3 amide bonds. The predicted molar refractivity (Wildman–Crippen MR) is 118 cm³/mol. The van der Waals surface area contributed by atoms with Crippen LogP contribution in [-0.2, 0) is 0 Å². The third-order valence-electron chi connectivity index (χ3n) is 6.88. The molecule has 1 unspecified atom stereocenters. The minimum absolute atomic E-state index is 0.0275. The largest absolute Gasteiger partial charge is 0.364 e. The molecular weight excluding hydrogens is 424 g/mol. The Hall–Kier alpha value is -3.69. The van der Waals surface area contributed by atoms with Gasteiger partial charge in [0.25, 0.3) is 17.7 Å². The highest BCUT2D eigenvalue weighted by molar-refractivity contribution is 6.04. The number of likely N-dealkylation sites (tertiary alicyclic amines) is 2. The summed E-state index contributed by atoms with van der Waals surface area (Å²) in [6, 6.07) is 8.96. The number of piperidine rings is 2. The minimum Gasteiger partial charge on any atom is -0.364 e. The maximum Gasteiger partial charge on any atom is 0.292 e. The van der Waals surface area contributed by atoms with Gasteiger partial charge in [-0.3, -0.25) is 19.5 Å². The summed E-state index contributed by atoms with van der Waals surface area (Å²) in [6.07, 6.45) is 3.76. The second kappa shape index (κ2) is 8.68. The number of H-pyrrole nitrogens is 1. The number of nitrogens with zero attached hydrogens (tertiary/aromatic N) is 4. The number of carbonyl (C=O) groups excluding carboxylic acids is 3. The van der Waals surface area contributed by atoms with E-state index in [0.717, 1.165) is 43.1 Å². The van der Waals surface area contributed by atoms with Gasteiger partial charge in [0.05, 0.1) is 5.52 Å². The van der Waals surface area contributed by atoms with Crippen LogP contribution in [0.2, 0.25) is 0 Å². The number of nitrogens with one attached hydrogen (secondary N) is 1. The Bertz CT molecular complexity index is 1190. The third-order valence-corrected chi connectivity index (χ3v) is 6.88. The topological polar surface area (TPSA) is 138 Å². The number of aromatic nitrogens is 3. The fraction of sp³-hybridized carbons (Fsp3) is 0.435. The second-order valence-corrected chi connectivity index (χ2v) is 8.84. The number of benzene rings is 1. The lowest BCUT2D eigenvalue weighted by atomic mass is 9.79. The summed E-state index contributed by atoms with van der Waals surface area (Å²) in [5, 5.41) is 11.6. The van der Waals surface area contributed by atoms with Gasteiger partial charge in [-0.2, -0.15) is 5.10 Å². The zero-order valence-electron chi connectivity index (χ0n) is 18.2. The molecule has 1 aromatic carbocycles. The smallest absolute Gasteiger partial charge is 0.292 e. The molecule has 2 aliphatic rings. The SMILES string of the molecule is NC(=O)c1cc(C(=O)N2CCC(C3CCCN(C(=O)c4n[nH]c5ccccc45)C3)CC2)on1. The lowest BCUT2D eigenvalue weighted by molar-refractivity contribution is 0.0491. The first-order valence-corrected chi connectivity index (χ1v) is 11.3. The maximum absolute atomic E-state index is 13.2. The van der Waals surface area contributed by atoms with Crippen LogP contribution in [0, 0.1) is 11.8 Å². The number of para-hydroxylation sites is 1. The van der Waals surface area contributed by atoms with Gasteiger partial charge in [0.15, 0.2) is 11.4 Å². The maximum atomic E-state index is 13.2. The highest BCUT2D eigenvalue weighted by Gasteiger charge is 2.34. The Labute approximate surface area is 190 Å². The molecule has 33 heavy (non-hydrogen) atoms. The normalized spacial score (nSPS) is 19.7. The minimum atomic E-state index is -0.726. The van der Waals surface area contributed by atoms with E-state index in [1.807, 2.05) is 29.2 Å². The predicted octanol–water partition coefficient (Wildman–Crippen LogP) is 2.05. The van der Waals surface area contributed by atoms with Crippen molar-refractivity contribution in [3.8, 4) is 0 Å². The molecule has 0 bridgehead atoms. The van der Waals surface area contributed by atoms with Gasteiger partial charge in [0, 0.05) is 37.6 Å². The standard InChI is InChI=1S/C23H26N6O4/c24-21(30)18-12-19(33-27-18)22(31)28-10-7-14(8-11-28)15-4-3-9-29(13-15)23(32)20-16-5-1-2-6-17(16)25-26-20/h1-2,5-6,12,14-15H,3-4,7-11,13H2,(H2,24,30)(H,25,26). The molecule has 4 heterocycles. The fourth-order valence-corrected chi connectivity index (χ4v) is 5.08. The highest BCUT2D eigenvalue weighted by atomic mass is 16.5. The molecular formula is C23H26N6O4. The number of rotatable bonds is 4. The molecule has 3 aromatic rings. The average Bonchev–Trinajstić information content (AvgIpc) is 3.51. The summed E-state index contributed by atoms with van der Waals surface area (Å²) in [6.45, 7) is 2.65. The summed E-state index contributed by atoms with van der Waals surface area (Å²) < 4.78 is 5.00. The van der Waals surface area contributed by atoms with Crippen LogP contribution in [0.3, 0.4) is 0 Å². The third kappa shape index (κ3) is 4.08. The molecule has 2 aromatic heterocycles. The molecule has 0 aliphatic carbocycles. The first-order valence-electron chi connectivity index (χ1n) is 11.3. The van der Waals surface area contributed by atoms with Crippen molar-refractivity contribution in [2.24, 2.45) is 17.6 Å². The number of fused-ring (bicyclic) bond motifs is 1. The van der Waals surface area contributed by atoms with Gasteiger partial charge < -0.3 is 20.1 Å². The van der Waals surface area contributed by atoms with Crippen molar-refractivity contribution >= 4 is 28.6 Å². The van der Waals surface area contributed by atoms with Crippen molar-refractivity contribution < 1.29 is 18.9 Å². The van der Waals surface area contributed by atoms with E-state index in [9.17, 15) is 14.4 Å². The van der Waals surface area contributed by atoms with E-state index in [2.05, 4.69) is 15.4 Å². The molecule has 10 heteroatoms. The number of primary amides is 1. The molecule has 5 rings (SSSR count). The first-order chi connectivity index (χ1) is 16.0. The van der Waals surface area contributed by atoms with Gasteiger partial charge in [-0.1, -0.05) is 23.4 Å². The van der Waals surface area contributed by atoms with Crippen LogP contribution in [0.25, 0.3) is 10.9 Å². The van der Waals surface area contributed by atoms with Crippen molar-refractivity contribution in [2.75, 3.05) is 26.2 Å². The van der Waals surface area contributed by atoms with Crippen LogP contribution in [0.1, 0.15) is 57.2 Å². The zero-order chi connectivity index (χ0) is 22.9. The Kier molecular flexibility index (Phi) is 5.57. The second-order valence-electron chi connectivity index (χ2n) is 8.84. The molecule has 1 atom stereocenters. The Balaban J connectivity index is 1.20. The fourth-order valence-electron chi connectivity index (χ4n) is 5.08. The zero-order valence-corrected chi connectivity index (χ0v) is 18.2. The molecule has 0 radical (unpaired) electrons. The summed E-state index contributed by atoms with van der Waals surface area (Å²) in [4.78, 5) is 40.7. The number of amides is 3. The molecule has 172 valence electrons. The van der Waals surface area contributed by atoms with Crippen molar-refractivity contribution in [2.45, 2.75) is 25.7 Å². The highest BCUT2D eigenvalue weighted by Crippen LogP contribution is 2.33. The van der Waals surface area contributed by atoms with E-state index >= 15 is 0 Å². The molecule has 10 nitrogen and oxygen atoms in total. The Morgan fingerprint density at radius 2 is 1.79 bits per heavy atom. The first kappa shape index (κ1) is 21.2. The van der Waals surface area contributed by atoms with E-state index in [1.54, 1.807) is 4.90 Å². The van der Waals surface area contributed by atoms with Crippen LogP contribution in [-0.4, -0.2) is 69.1 Å². The van der Waals surface area contributed by atoms with Crippen molar-refractivity contribution in [3.63, 3.8) is 0 Å². The summed E-state index contributed by atoms with van der Waals surface area (Å²) in [7, 11) is 0. The number of hydrogen-bond donors (Lipinski definition) is 2. The van der Waals surface area contributed by atoms with Crippen LogP contribution >= 0.6 is 0 Å². The van der Waals surface area contributed by atoms with Crippen LogP contribution in [0.5, 0.6) is 0 Å². The van der Waals surface area contributed by atoms with Crippen molar-refractivity contribution in [1.82, 2.24) is 25.2 Å². The molecule has 2 fully saturated rings. The summed E-state index contributed by atoms with van der Waals surface area (Å²) >= 11 is 0. The van der Waals surface area contributed by atoms with E-state index in [4.69, 9.17) is 10.3 Å². The van der Waals surface area contributed by atoms with E-state index < -0.39 is 5.91 Å². The molecule has 0 spiro atoms. The number of carbonyl (C=O) groups is 3. The molecule has 2 aliphatic heterocycles. The summed E-state index contributed by atoms with van der Waals surface area (Å²) in [5.41, 5.74) is 6.47.